The van der Waals surface area contributed by atoms with Crippen LogP contribution in [-0.2, 0) is 4.79 Å². The molecule has 4 nitrogen and oxygen atoms in total. The third kappa shape index (κ3) is 5.39. The third-order valence-corrected chi connectivity index (χ3v) is 3.86. The Labute approximate surface area is 147 Å². The summed E-state index contributed by atoms with van der Waals surface area (Å²) in [6.07, 6.45) is 1.64. The van der Waals surface area contributed by atoms with Crippen molar-refractivity contribution in [3.05, 3.63) is 64.7 Å². The molecule has 1 atom stereocenters. The number of benzene rings is 2. The van der Waals surface area contributed by atoms with Crippen molar-refractivity contribution in [2.24, 2.45) is 5.10 Å². The van der Waals surface area contributed by atoms with Gasteiger partial charge in [0, 0.05) is 10.7 Å². The van der Waals surface area contributed by atoms with Crippen molar-refractivity contribution in [2.75, 3.05) is 5.32 Å². The van der Waals surface area contributed by atoms with Crippen LogP contribution in [0.2, 0.25) is 5.02 Å². The Morgan fingerprint density at radius 3 is 2.25 bits per heavy atom. The van der Waals surface area contributed by atoms with Crippen molar-refractivity contribution in [1.82, 2.24) is 5.43 Å². The van der Waals surface area contributed by atoms with Crippen LogP contribution in [0.1, 0.15) is 37.8 Å². The summed E-state index contributed by atoms with van der Waals surface area (Å²) in [5.74, 6) is 0.287. The van der Waals surface area contributed by atoms with E-state index in [0.29, 0.717) is 10.9 Å². The highest BCUT2D eigenvalue weighted by Gasteiger charge is 2.11. The van der Waals surface area contributed by atoms with Gasteiger partial charge in [-0.05, 0) is 48.2 Å². The molecule has 0 radical (unpaired) electrons. The van der Waals surface area contributed by atoms with E-state index in [-0.39, 0.29) is 5.91 Å². The minimum atomic E-state index is -0.411. The Kier molecular flexibility index (Phi) is 6.38. The molecule has 0 aliphatic rings. The number of hydrazone groups is 1. The second kappa shape index (κ2) is 8.50. The Hall–Kier alpha value is -2.33. The second-order valence-corrected chi connectivity index (χ2v) is 6.36. The van der Waals surface area contributed by atoms with E-state index in [4.69, 9.17) is 11.6 Å². The molecule has 5 heteroatoms. The lowest BCUT2D eigenvalue weighted by atomic mass is 10.0. The lowest BCUT2D eigenvalue weighted by Gasteiger charge is -2.13. The average molecular weight is 344 g/mol. The lowest BCUT2D eigenvalue weighted by molar-refractivity contribution is -0.121. The van der Waals surface area contributed by atoms with E-state index in [1.54, 1.807) is 25.3 Å². The van der Waals surface area contributed by atoms with Crippen LogP contribution in [0.5, 0.6) is 0 Å². The summed E-state index contributed by atoms with van der Waals surface area (Å²) >= 11 is 5.84. The van der Waals surface area contributed by atoms with Crippen LogP contribution in [-0.4, -0.2) is 18.2 Å². The number of carbonyl (C=O) groups is 1. The fourth-order valence-corrected chi connectivity index (χ4v) is 2.22. The van der Waals surface area contributed by atoms with E-state index < -0.39 is 6.04 Å². The molecule has 2 aromatic rings. The molecule has 0 aromatic heterocycles. The molecule has 0 fully saturated rings. The summed E-state index contributed by atoms with van der Waals surface area (Å²) in [6.45, 7) is 6.08. The number of amides is 1. The summed E-state index contributed by atoms with van der Waals surface area (Å²) in [5.41, 5.74) is 5.59. The summed E-state index contributed by atoms with van der Waals surface area (Å²) < 4.78 is 0. The van der Waals surface area contributed by atoms with Gasteiger partial charge in [0.1, 0.15) is 6.04 Å². The van der Waals surface area contributed by atoms with Gasteiger partial charge in [0.15, 0.2) is 0 Å². The van der Waals surface area contributed by atoms with E-state index in [2.05, 4.69) is 41.8 Å². The first kappa shape index (κ1) is 18.0. The van der Waals surface area contributed by atoms with Crippen molar-refractivity contribution in [3.8, 4) is 0 Å². The molecule has 0 saturated heterocycles. The van der Waals surface area contributed by atoms with E-state index in [0.717, 1.165) is 11.3 Å². The molecule has 0 heterocycles. The van der Waals surface area contributed by atoms with Crippen LogP contribution in [0.25, 0.3) is 0 Å². The highest BCUT2D eigenvalue weighted by molar-refractivity contribution is 6.30. The summed E-state index contributed by atoms with van der Waals surface area (Å²) in [4.78, 5) is 12.0. The first-order valence-electron chi connectivity index (χ1n) is 7.90. The molecule has 2 rings (SSSR count). The minimum Gasteiger partial charge on any atom is -0.374 e. The molecule has 126 valence electrons. The zero-order valence-corrected chi connectivity index (χ0v) is 14.8. The fraction of sp³-hybridized carbons (Fsp3) is 0.263. The number of rotatable bonds is 6. The average Bonchev–Trinajstić information content (AvgIpc) is 2.57. The number of nitrogens with zero attached hydrogens (tertiary/aromatic N) is 1. The van der Waals surface area contributed by atoms with Crippen molar-refractivity contribution >= 4 is 29.4 Å². The van der Waals surface area contributed by atoms with Crippen LogP contribution >= 0.6 is 11.6 Å². The SMILES string of the molecule is CC(Nc1ccc(Cl)cc1)C(=O)N/N=C/c1ccc(C(C)C)cc1. The predicted molar refractivity (Wildman–Crippen MR) is 101 cm³/mol. The van der Waals surface area contributed by atoms with Crippen molar-refractivity contribution in [2.45, 2.75) is 32.7 Å². The van der Waals surface area contributed by atoms with E-state index >= 15 is 0 Å². The number of carbonyl (C=O) groups excluding carboxylic acids is 1. The van der Waals surface area contributed by atoms with Crippen molar-refractivity contribution in [3.63, 3.8) is 0 Å². The zero-order valence-electron chi connectivity index (χ0n) is 14.1. The fourth-order valence-electron chi connectivity index (χ4n) is 2.10. The molecule has 0 saturated carbocycles. The van der Waals surface area contributed by atoms with Gasteiger partial charge in [-0.2, -0.15) is 5.10 Å². The maximum Gasteiger partial charge on any atom is 0.262 e. The predicted octanol–water partition coefficient (Wildman–Crippen LogP) is 4.41. The first-order chi connectivity index (χ1) is 11.5. The van der Waals surface area contributed by atoms with Crippen molar-refractivity contribution < 1.29 is 4.79 Å². The summed E-state index contributed by atoms with van der Waals surface area (Å²) in [5, 5.41) is 7.76. The zero-order chi connectivity index (χ0) is 17.5. The second-order valence-electron chi connectivity index (χ2n) is 5.93. The monoisotopic (exact) mass is 343 g/mol. The molecular weight excluding hydrogens is 322 g/mol. The Morgan fingerprint density at radius 2 is 1.67 bits per heavy atom. The normalized spacial score (nSPS) is 12.4. The van der Waals surface area contributed by atoms with Gasteiger partial charge in [0.05, 0.1) is 6.21 Å². The van der Waals surface area contributed by atoms with Crippen LogP contribution in [0.4, 0.5) is 5.69 Å². The number of halogens is 1. The van der Waals surface area contributed by atoms with Crippen LogP contribution in [0.3, 0.4) is 0 Å². The maximum atomic E-state index is 12.0. The van der Waals surface area contributed by atoms with E-state index in [1.807, 2.05) is 24.3 Å². The molecule has 1 unspecified atom stereocenters. The Bertz CT molecular complexity index is 694. The smallest absolute Gasteiger partial charge is 0.262 e. The maximum absolute atomic E-state index is 12.0. The van der Waals surface area contributed by atoms with Crippen LogP contribution < -0.4 is 10.7 Å². The molecule has 0 spiro atoms. The minimum absolute atomic E-state index is 0.208. The van der Waals surface area contributed by atoms with Gasteiger partial charge in [0.2, 0.25) is 0 Å². The van der Waals surface area contributed by atoms with E-state index in [9.17, 15) is 4.79 Å². The lowest BCUT2D eigenvalue weighted by Crippen LogP contribution is -2.34. The molecule has 2 aromatic carbocycles. The Balaban J connectivity index is 1.86. The van der Waals surface area contributed by atoms with Gasteiger partial charge >= 0.3 is 0 Å². The van der Waals surface area contributed by atoms with Crippen LogP contribution in [0, 0.1) is 0 Å². The number of hydrogen-bond acceptors (Lipinski definition) is 3. The standard InChI is InChI=1S/C19H22ClN3O/c1-13(2)16-6-4-15(5-7-16)12-21-23-19(24)14(3)22-18-10-8-17(20)9-11-18/h4-14,22H,1-3H3,(H,23,24)/b21-12+. The highest BCUT2D eigenvalue weighted by Crippen LogP contribution is 2.15. The Morgan fingerprint density at radius 1 is 1.04 bits per heavy atom. The number of nitrogens with one attached hydrogen (secondary N) is 2. The van der Waals surface area contributed by atoms with Gasteiger partial charge in [0.25, 0.3) is 5.91 Å². The summed E-state index contributed by atoms with van der Waals surface area (Å²) in [6, 6.07) is 14.9. The van der Waals surface area contributed by atoms with Gasteiger partial charge in [-0.3, -0.25) is 4.79 Å². The molecule has 0 bridgehead atoms. The highest BCUT2D eigenvalue weighted by atomic mass is 35.5. The number of anilines is 1. The largest absolute Gasteiger partial charge is 0.374 e. The molecule has 1 amide bonds. The molecule has 0 aliphatic heterocycles. The van der Waals surface area contributed by atoms with Crippen molar-refractivity contribution in [1.29, 1.82) is 0 Å². The third-order valence-electron chi connectivity index (χ3n) is 3.61. The van der Waals surface area contributed by atoms with Gasteiger partial charge < -0.3 is 5.32 Å². The molecule has 2 N–H and O–H groups in total. The van der Waals surface area contributed by atoms with Gasteiger partial charge in [-0.1, -0.05) is 49.7 Å². The van der Waals surface area contributed by atoms with Crippen LogP contribution in [0.15, 0.2) is 53.6 Å². The quantitative estimate of drug-likeness (QED) is 0.602. The first-order valence-corrected chi connectivity index (χ1v) is 8.28. The number of hydrogen-bond donors (Lipinski definition) is 2. The topological polar surface area (TPSA) is 53.5 Å². The molecule has 24 heavy (non-hydrogen) atoms. The van der Waals surface area contributed by atoms with E-state index in [1.165, 1.54) is 5.56 Å². The van der Waals surface area contributed by atoms with Gasteiger partial charge in [-0.25, -0.2) is 5.43 Å². The van der Waals surface area contributed by atoms with Gasteiger partial charge in [-0.15, -0.1) is 0 Å². The molecular formula is C19H22ClN3O. The molecule has 0 aliphatic carbocycles. The summed E-state index contributed by atoms with van der Waals surface area (Å²) in [7, 11) is 0.